The fourth-order valence-corrected chi connectivity index (χ4v) is 4.01. The summed E-state index contributed by atoms with van der Waals surface area (Å²) < 4.78 is 65.7. The maximum Gasteiger partial charge on any atom is 0.416 e. The van der Waals surface area contributed by atoms with Crippen molar-refractivity contribution in [2.75, 3.05) is 6.54 Å². The van der Waals surface area contributed by atoms with E-state index in [-0.39, 0.29) is 18.4 Å². The summed E-state index contributed by atoms with van der Waals surface area (Å²) in [5, 5.41) is 10.2. The van der Waals surface area contributed by atoms with E-state index in [1.54, 1.807) is 0 Å². The zero-order chi connectivity index (χ0) is 19.3. The Morgan fingerprint density at radius 3 is 2.42 bits per heavy atom. The van der Waals surface area contributed by atoms with Gasteiger partial charge in [0.1, 0.15) is 5.84 Å². The number of benzene rings is 1. The number of hydrogen-bond donors (Lipinski definition) is 2. The summed E-state index contributed by atoms with van der Waals surface area (Å²) >= 11 is 0. The van der Waals surface area contributed by atoms with Crippen LogP contribution in [0.4, 0.5) is 18.0 Å². The van der Waals surface area contributed by atoms with Crippen LogP contribution in [-0.2, 0) is 16.2 Å². The van der Waals surface area contributed by atoms with E-state index in [2.05, 4.69) is 4.40 Å². The van der Waals surface area contributed by atoms with Gasteiger partial charge in [-0.2, -0.15) is 21.6 Å². The minimum Gasteiger partial charge on any atom is -0.385 e. The zero-order valence-electron chi connectivity index (χ0n) is 13.2. The molecule has 142 valence electrons. The number of nitrogens with two attached hydrogens (primary N) is 1. The maximum absolute atomic E-state index is 12.6. The van der Waals surface area contributed by atoms with E-state index in [9.17, 15) is 31.6 Å². The predicted octanol–water partition coefficient (Wildman–Crippen LogP) is 1.41. The third-order valence-electron chi connectivity index (χ3n) is 4.39. The molecule has 0 saturated carbocycles. The second kappa shape index (κ2) is 6.13. The maximum atomic E-state index is 12.6. The fraction of sp³-hybridized carbons (Fsp3) is 0.429. The van der Waals surface area contributed by atoms with Crippen LogP contribution in [-0.4, -0.2) is 54.1 Å². The number of sulfonamides is 1. The second-order valence-electron chi connectivity index (χ2n) is 6.04. The largest absolute Gasteiger partial charge is 0.416 e. The number of carbonyl (C=O) groups excluding carboxylic acids is 1. The molecule has 2 aliphatic heterocycles. The number of amides is 2. The van der Waals surface area contributed by atoms with E-state index in [0.717, 1.165) is 12.1 Å². The first-order chi connectivity index (χ1) is 12.0. The van der Waals surface area contributed by atoms with E-state index in [0.29, 0.717) is 30.0 Å². The lowest BCUT2D eigenvalue weighted by atomic mass is 10.0. The lowest BCUT2D eigenvalue weighted by Gasteiger charge is -2.29. The van der Waals surface area contributed by atoms with E-state index in [4.69, 9.17) is 5.73 Å². The molecule has 0 aliphatic carbocycles. The number of hydroxylamine groups is 2. The van der Waals surface area contributed by atoms with E-state index >= 15 is 0 Å². The Morgan fingerprint density at radius 2 is 1.85 bits per heavy atom. The first-order valence-electron chi connectivity index (χ1n) is 7.57. The van der Waals surface area contributed by atoms with Gasteiger partial charge in [0.05, 0.1) is 22.5 Å². The van der Waals surface area contributed by atoms with Crippen molar-refractivity contribution in [3.8, 4) is 0 Å². The Labute approximate surface area is 146 Å². The Morgan fingerprint density at radius 1 is 1.23 bits per heavy atom. The number of urea groups is 1. The summed E-state index contributed by atoms with van der Waals surface area (Å²) in [6.07, 6.45) is -3.86. The van der Waals surface area contributed by atoms with Gasteiger partial charge in [-0.25, -0.2) is 9.86 Å². The topological polar surface area (TPSA) is 116 Å². The van der Waals surface area contributed by atoms with Crippen LogP contribution in [0, 0.1) is 0 Å². The summed E-state index contributed by atoms with van der Waals surface area (Å²) in [6.45, 7) is 0.191. The number of piperidine rings is 1. The van der Waals surface area contributed by atoms with Crippen molar-refractivity contribution in [3.05, 3.63) is 29.8 Å². The quantitative estimate of drug-likeness (QED) is 0.458. The fourth-order valence-electron chi connectivity index (χ4n) is 3.03. The summed E-state index contributed by atoms with van der Waals surface area (Å²) in [6, 6.07) is 0.986. The molecular weight excluding hydrogens is 377 g/mol. The van der Waals surface area contributed by atoms with Crippen molar-refractivity contribution in [3.63, 3.8) is 0 Å². The van der Waals surface area contributed by atoms with Gasteiger partial charge in [0, 0.05) is 6.54 Å². The van der Waals surface area contributed by atoms with Crippen LogP contribution in [0.25, 0.3) is 0 Å². The average molecular weight is 392 g/mol. The molecule has 26 heavy (non-hydrogen) atoms. The number of nitrogens with zero attached hydrogens (tertiary/aromatic N) is 3. The Balaban J connectivity index is 1.85. The van der Waals surface area contributed by atoms with Crippen LogP contribution in [0.3, 0.4) is 0 Å². The van der Waals surface area contributed by atoms with Crippen LogP contribution in [0.1, 0.15) is 18.4 Å². The number of carbonyl (C=O) groups is 1. The first kappa shape index (κ1) is 18.5. The van der Waals surface area contributed by atoms with E-state index < -0.39 is 38.7 Å². The molecule has 0 unspecified atom stereocenters. The molecule has 2 aliphatic rings. The first-order valence-corrected chi connectivity index (χ1v) is 9.01. The van der Waals surface area contributed by atoms with E-state index in [1.807, 2.05) is 0 Å². The van der Waals surface area contributed by atoms with Gasteiger partial charge in [-0.1, -0.05) is 0 Å². The van der Waals surface area contributed by atoms with Crippen LogP contribution in [0.5, 0.6) is 0 Å². The molecule has 2 saturated heterocycles. The van der Waals surface area contributed by atoms with Crippen LogP contribution in [0.2, 0.25) is 0 Å². The van der Waals surface area contributed by atoms with Gasteiger partial charge in [0.15, 0.2) is 0 Å². The van der Waals surface area contributed by atoms with Crippen molar-refractivity contribution < 1.29 is 31.6 Å². The van der Waals surface area contributed by atoms with Gasteiger partial charge in [0.25, 0.3) is 10.0 Å². The molecule has 2 fully saturated rings. The molecule has 0 aromatic heterocycles. The molecule has 2 bridgehead atoms. The summed E-state index contributed by atoms with van der Waals surface area (Å²) in [5.74, 6) is -0.355. The van der Waals surface area contributed by atoms with Gasteiger partial charge in [-0.05, 0) is 37.1 Å². The Bertz CT molecular complexity index is 854. The lowest BCUT2D eigenvalue weighted by Crippen LogP contribution is -2.48. The van der Waals surface area contributed by atoms with Crippen LogP contribution in [0.15, 0.2) is 33.6 Å². The van der Waals surface area contributed by atoms with Crippen molar-refractivity contribution in [2.45, 2.75) is 36.0 Å². The van der Waals surface area contributed by atoms with Crippen LogP contribution < -0.4 is 5.73 Å². The molecule has 3 rings (SSSR count). The third kappa shape index (κ3) is 3.21. The highest BCUT2D eigenvalue weighted by molar-refractivity contribution is 7.90. The standard InChI is InChI=1S/C14H15F3N4O4S/c15-14(16,17)8-1-4-10(5-2-8)26(24,25)19-12(18)11-6-3-9-7-20(11)13(22)21(9)23/h1-2,4-5,9,11,23H,3,6-7H2,(H2,18,19)/t9-,11+/m1/s1. The van der Waals surface area contributed by atoms with Gasteiger partial charge in [-0.15, -0.1) is 4.40 Å². The molecule has 1 aromatic carbocycles. The normalized spacial score (nSPS) is 24.3. The molecule has 0 radical (unpaired) electrons. The minimum atomic E-state index is -4.59. The smallest absolute Gasteiger partial charge is 0.385 e. The average Bonchev–Trinajstić information content (AvgIpc) is 2.78. The summed E-state index contributed by atoms with van der Waals surface area (Å²) in [5.41, 5.74) is 4.77. The number of alkyl halides is 3. The van der Waals surface area contributed by atoms with Crippen molar-refractivity contribution in [2.24, 2.45) is 10.1 Å². The third-order valence-corrected chi connectivity index (χ3v) is 5.71. The van der Waals surface area contributed by atoms with Gasteiger partial charge in [-0.3, -0.25) is 5.21 Å². The molecule has 2 atom stereocenters. The highest BCUT2D eigenvalue weighted by Crippen LogP contribution is 2.31. The monoisotopic (exact) mass is 392 g/mol. The molecular formula is C14H15F3N4O4S. The Kier molecular flexibility index (Phi) is 4.35. The molecule has 0 spiro atoms. The van der Waals surface area contributed by atoms with Gasteiger partial charge < -0.3 is 10.6 Å². The van der Waals surface area contributed by atoms with Crippen molar-refractivity contribution in [1.82, 2.24) is 9.96 Å². The highest BCUT2D eigenvalue weighted by Gasteiger charge is 2.45. The summed E-state index contributed by atoms with van der Waals surface area (Å²) in [4.78, 5) is 12.7. The molecule has 8 nitrogen and oxygen atoms in total. The molecule has 12 heteroatoms. The summed E-state index contributed by atoms with van der Waals surface area (Å²) in [7, 11) is -4.34. The van der Waals surface area contributed by atoms with E-state index in [1.165, 1.54) is 4.90 Å². The number of amidine groups is 1. The van der Waals surface area contributed by atoms with Gasteiger partial charge in [0.2, 0.25) is 0 Å². The second-order valence-corrected chi connectivity index (χ2v) is 7.64. The van der Waals surface area contributed by atoms with Crippen LogP contribution >= 0.6 is 0 Å². The minimum absolute atomic E-state index is 0.191. The molecule has 1 aromatic rings. The number of hydrogen-bond acceptors (Lipinski definition) is 4. The molecule has 3 N–H and O–H groups in total. The number of fused-ring (bicyclic) bond motifs is 2. The number of rotatable bonds is 3. The van der Waals surface area contributed by atoms with Crippen molar-refractivity contribution in [1.29, 1.82) is 0 Å². The van der Waals surface area contributed by atoms with Crippen molar-refractivity contribution >= 4 is 21.9 Å². The predicted molar refractivity (Wildman–Crippen MR) is 82.8 cm³/mol. The lowest BCUT2D eigenvalue weighted by molar-refractivity contribution is -0.137. The SMILES string of the molecule is NC(=NS(=O)(=O)c1ccc(C(F)(F)F)cc1)[C@@H]1CC[C@@H]2CN1C(=O)N2O. The molecule has 2 amide bonds. The number of halogens is 3. The Hall–Kier alpha value is -2.34. The zero-order valence-corrected chi connectivity index (χ0v) is 14.0. The molecule has 2 heterocycles. The van der Waals surface area contributed by atoms with Gasteiger partial charge >= 0.3 is 12.2 Å². The highest BCUT2D eigenvalue weighted by atomic mass is 32.2.